The van der Waals surface area contributed by atoms with E-state index in [4.69, 9.17) is 4.74 Å². The van der Waals surface area contributed by atoms with Gasteiger partial charge in [-0.2, -0.15) is 13.2 Å². The van der Waals surface area contributed by atoms with Crippen molar-refractivity contribution in [3.8, 4) is 11.1 Å². The third-order valence-electron chi connectivity index (χ3n) is 9.36. The number of amides is 3. The van der Waals surface area contributed by atoms with E-state index in [1.54, 1.807) is 73.3 Å². The minimum absolute atomic E-state index is 0.145. The number of carbonyl (C=O) groups excluding carboxylic acids is 4. The van der Waals surface area contributed by atoms with Crippen LogP contribution in [0.2, 0.25) is 0 Å². The lowest BCUT2D eigenvalue weighted by molar-refractivity contribution is -0.151. The number of aliphatic hydroxyl groups is 1. The maximum Gasteiger partial charge on any atom is 0.416 e. The summed E-state index contributed by atoms with van der Waals surface area (Å²) in [5, 5.41) is 19.7. The Labute approximate surface area is 311 Å². The number of anilines is 1. The molecule has 4 aromatic rings. The molecular formula is C41H43F3N4O6. The molecule has 4 aromatic carbocycles. The topological polar surface area (TPSA) is 137 Å². The van der Waals surface area contributed by atoms with Crippen LogP contribution in [-0.4, -0.2) is 72.7 Å². The van der Waals surface area contributed by atoms with E-state index in [0.29, 0.717) is 41.9 Å². The number of halogens is 3. The molecule has 10 nitrogen and oxygen atoms in total. The third kappa shape index (κ3) is 8.97. The first-order valence-electron chi connectivity index (χ1n) is 17.8. The number of aliphatic hydroxyl groups excluding tert-OH is 1. The van der Waals surface area contributed by atoms with Crippen molar-refractivity contribution in [1.82, 2.24) is 15.5 Å². The number of hydrogen-bond acceptors (Lipinski definition) is 7. The molecule has 284 valence electrons. The Balaban J connectivity index is 1.40. The largest absolute Gasteiger partial charge is 0.464 e. The fourth-order valence-corrected chi connectivity index (χ4v) is 6.51. The summed E-state index contributed by atoms with van der Waals surface area (Å²) >= 11 is 0. The number of likely N-dealkylation sites (tertiary alicyclic amines) is 1. The fraction of sp³-hybridized carbons (Fsp3) is 0.317. The predicted octanol–water partition coefficient (Wildman–Crippen LogP) is 5.95. The highest BCUT2D eigenvalue weighted by molar-refractivity contribution is 6.12. The van der Waals surface area contributed by atoms with Crippen LogP contribution in [0.3, 0.4) is 0 Å². The van der Waals surface area contributed by atoms with Gasteiger partial charge in [-0.25, -0.2) is 0 Å². The van der Waals surface area contributed by atoms with Gasteiger partial charge in [-0.1, -0.05) is 73.7 Å². The van der Waals surface area contributed by atoms with Gasteiger partial charge in [0.2, 0.25) is 5.91 Å². The summed E-state index contributed by atoms with van der Waals surface area (Å²) in [5.74, 6) is -2.18. The molecule has 1 aliphatic heterocycles. The number of benzene rings is 4. The van der Waals surface area contributed by atoms with E-state index < -0.39 is 47.8 Å². The average Bonchev–Trinajstić information content (AvgIpc) is 3.71. The minimum atomic E-state index is -4.51. The van der Waals surface area contributed by atoms with Gasteiger partial charge in [0.15, 0.2) is 0 Å². The number of hydrogen-bond donors (Lipinski definition) is 4. The minimum Gasteiger partial charge on any atom is -0.464 e. The fourth-order valence-electron chi connectivity index (χ4n) is 6.51. The molecule has 54 heavy (non-hydrogen) atoms. The molecule has 13 heteroatoms. The lowest BCUT2D eigenvalue weighted by Crippen LogP contribution is -2.60. The first kappa shape index (κ1) is 39.7. The number of carbonyl (C=O) groups is 4. The van der Waals surface area contributed by atoms with Crippen molar-refractivity contribution in [2.24, 2.45) is 0 Å². The smallest absolute Gasteiger partial charge is 0.416 e. The Bertz CT molecular complexity index is 1950. The van der Waals surface area contributed by atoms with Crippen LogP contribution < -0.4 is 16.0 Å². The Morgan fingerprint density at radius 2 is 1.48 bits per heavy atom. The molecule has 3 amide bonds. The normalized spacial score (nSPS) is 14.5. The highest BCUT2D eigenvalue weighted by atomic mass is 19.4. The summed E-state index contributed by atoms with van der Waals surface area (Å²) in [7, 11) is 0. The van der Waals surface area contributed by atoms with E-state index in [0.717, 1.165) is 25.0 Å². The molecule has 5 rings (SSSR count). The molecular weight excluding hydrogens is 701 g/mol. The Kier molecular flexibility index (Phi) is 12.9. The van der Waals surface area contributed by atoms with Crippen LogP contribution in [0.1, 0.15) is 64.1 Å². The van der Waals surface area contributed by atoms with Crippen molar-refractivity contribution in [3.63, 3.8) is 0 Å². The maximum absolute atomic E-state index is 13.8. The van der Waals surface area contributed by atoms with Gasteiger partial charge in [-0.3, -0.25) is 24.5 Å². The molecule has 1 saturated heterocycles. The van der Waals surface area contributed by atoms with Gasteiger partial charge in [-0.15, -0.1) is 0 Å². The van der Waals surface area contributed by atoms with Crippen LogP contribution in [0.15, 0.2) is 97.1 Å². The molecule has 1 fully saturated rings. The van der Waals surface area contributed by atoms with Gasteiger partial charge in [0.05, 0.1) is 23.2 Å². The zero-order chi connectivity index (χ0) is 38.9. The van der Waals surface area contributed by atoms with E-state index in [-0.39, 0.29) is 35.7 Å². The SMILES string of the molecule is CCNC(=O)C(COC(=O)Cc1ccc(NC(=O)c2ccccc2-c2ccc(C(F)(F)F)cc2)c(C(=O)N2CCCC2)c1)(c1ccccc1)C(O)NCC. The molecule has 2 atom stereocenters. The lowest BCUT2D eigenvalue weighted by atomic mass is 9.78. The number of likely N-dealkylation sites (N-methyl/N-ethyl adjacent to an activating group) is 2. The van der Waals surface area contributed by atoms with Gasteiger partial charge in [0.1, 0.15) is 18.2 Å². The van der Waals surface area contributed by atoms with Crippen LogP contribution in [0.5, 0.6) is 0 Å². The molecule has 1 heterocycles. The van der Waals surface area contributed by atoms with Gasteiger partial charge in [-0.05, 0) is 78.9 Å². The summed E-state index contributed by atoms with van der Waals surface area (Å²) in [6.07, 6.45) is -4.58. The molecule has 4 N–H and O–H groups in total. The van der Waals surface area contributed by atoms with Crippen molar-refractivity contribution in [2.45, 2.75) is 50.9 Å². The number of alkyl halides is 3. The maximum atomic E-state index is 13.8. The van der Waals surface area contributed by atoms with E-state index >= 15 is 0 Å². The number of ether oxygens (including phenoxy) is 1. The number of rotatable bonds is 14. The molecule has 2 unspecified atom stereocenters. The third-order valence-corrected chi connectivity index (χ3v) is 9.36. The standard InChI is InChI=1S/C41H43F3N4O6/c1-3-45-38(52)40(39(53)46-4-2,29-12-6-5-7-13-29)26-54-35(49)25-27-16-21-34(33(24-27)37(51)48-22-10-11-23-48)47-36(50)32-15-9-8-14-31(32)28-17-19-30(20-18-28)41(42,43)44/h5-9,12-21,24,38,45,52H,3-4,10-11,22-23,25-26H2,1-2H3,(H,46,53)(H,47,50). The lowest BCUT2D eigenvalue weighted by Gasteiger charge is -2.36. The molecule has 1 aliphatic rings. The van der Waals surface area contributed by atoms with E-state index in [2.05, 4.69) is 16.0 Å². The van der Waals surface area contributed by atoms with Gasteiger partial charge in [0.25, 0.3) is 11.8 Å². The second-order valence-electron chi connectivity index (χ2n) is 12.9. The van der Waals surface area contributed by atoms with Crippen LogP contribution >= 0.6 is 0 Å². The average molecular weight is 745 g/mol. The van der Waals surface area contributed by atoms with Crippen molar-refractivity contribution in [1.29, 1.82) is 0 Å². The van der Waals surface area contributed by atoms with Crippen molar-refractivity contribution in [2.75, 3.05) is 38.1 Å². The number of esters is 1. The highest BCUT2D eigenvalue weighted by Crippen LogP contribution is 2.33. The zero-order valence-electron chi connectivity index (χ0n) is 30.0. The molecule has 0 spiro atoms. The molecule has 0 aliphatic carbocycles. The Morgan fingerprint density at radius 1 is 0.815 bits per heavy atom. The molecule has 0 radical (unpaired) electrons. The Morgan fingerprint density at radius 3 is 2.13 bits per heavy atom. The Hall–Kier alpha value is -5.53. The van der Waals surface area contributed by atoms with Crippen molar-refractivity contribution >= 4 is 29.4 Å². The first-order chi connectivity index (χ1) is 25.9. The van der Waals surface area contributed by atoms with E-state index in [1.807, 2.05) is 0 Å². The van der Waals surface area contributed by atoms with Gasteiger partial charge >= 0.3 is 12.1 Å². The van der Waals surface area contributed by atoms with Crippen LogP contribution in [0.4, 0.5) is 18.9 Å². The number of nitrogens with one attached hydrogen (secondary N) is 3. The van der Waals surface area contributed by atoms with Crippen LogP contribution in [0, 0.1) is 0 Å². The van der Waals surface area contributed by atoms with Crippen molar-refractivity contribution < 1.29 is 42.2 Å². The number of nitrogens with zero attached hydrogens (tertiary/aromatic N) is 1. The second kappa shape index (κ2) is 17.5. The van der Waals surface area contributed by atoms with Gasteiger partial charge < -0.3 is 25.4 Å². The van der Waals surface area contributed by atoms with Crippen molar-refractivity contribution in [3.05, 3.63) is 125 Å². The molecule has 0 saturated carbocycles. The summed E-state index contributed by atoms with van der Waals surface area (Å²) < 4.78 is 45.3. The zero-order valence-corrected chi connectivity index (χ0v) is 30.0. The second-order valence-corrected chi connectivity index (χ2v) is 12.9. The summed E-state index contributed by atoms with van der Waals surface area (Å²) in [4.78, 5) is 56.2. The van der Waals surface area contributed by atoms with Gasteiger partial charge in [0, 0.05) is 25.2 Å². The first-order valence-corrected chi connectivity index (χ1v) is 17.8. The predicted molar refractivity (Wildman–Crippen MR) is 198 cm³/mol. The monoisotopic (exact) mass is 744 g/mol. The van der Waals surface area contributed by atoms with Crippen LogP contribution in [0.25, 0.3) is 11.1 Å². The summed E-state index contributed by atoms with van der Waals surface area (Å²) in [5.41, 5.74) is -0.340. The quantitative estimate of drug-likeness (QED) is 0.0926. The molecule has 0 aromatic heterocycles. The summed E-state index contributed by atoms with van der Waals surface area (Å²) in [6.45, 7) is 4.67. The van der Waals surface area contributed by atoms with E-state index in [9.17, 15) is 37.5 Å². The van der Waals surface area contributed by atoms with Crippen LogP contribution in [-0.2, 0) is 32.3 Å². The highest BCUT2D eigenvalue weighted by Gasteiger charge is 2.48. The summed E-state index contributed by atoms with van der Waals surface area (Å²) in [6, 6.07) is 24.1. The molecule has 0 bridgehead atoms. The van der Waals surface area contributed by atoms with E-state index in [1.165, 1.54) is 30.3 Å².